The molecule has 222 valence electrons. The fourth-order valence-electron chi connectivity index (χ4n) is 6.04. The van der Waals surface area contributed by atoms with E-state index in [-0.39, 0.29) is 6.10 Å². The number of rotatable bonds is 15. The second-order valence-electron chi connectivity index (χ2n) is 11.3. The van der Waals surface area contributed by atoms with Crippen molar-refractivity contribution in [3.8, 4) is 5.75 Å². The lowest BCUT2D eigenvalue weighted by atomic mass is 9.78. The smallest absolute Gasteiger partial charge is 0.119 e. The predicted octanol–water partition coefficient (Wildman–Crippen LogP) is 7.06. The van der Waals surface area contributed by atoms with Gasteiger partial charge in [-0.15, -0.1) is 0 Å². The summed E-state index contributed by atoms with van der Waals surface area (Å²) in [6.45, 7) is 12.1. The Balaban J connectivity index is 1.20. The SMILES string of the molecule is CCN(CC)C[C@@H]1CNC[C@H](OCc2ccc3ccccc3c2)[C@@H]1c1ccc(OCCCOCc2ccccc2)cc1. The maximum absolute atomic E-state index is 6.70. The number of piperidine rings is 1. The molecule has 1 aliphatic heterocycles. The Hall–Kier alpha value is -3.22. The Morgan fingerprint density at radius 1 is 0.738 bits per heavy atom. The van der Waals surface area contributed by atoms with Crippen molar-refractivity contribution < 1.29 is 14.2 Å². The molecule has 3 atom stereocenters. The first-order valence-corrected chi connectivity index (χ1v) is 15.6. The molecule has 1 N–H and O–H groups in total. The number of hydrogen-bond donors (Lipinski definition) is 1. The highest BCUT2D eigenvalue weighted by Gasteiger charge is 2.36. The number of nitrogens with one attached hydrogen (secondary N) is 1. The molecule has 0 aromatic heterocycles. The van der Waals surface area contributed by atoms with Gasteiger partial charge in [0.1, 0.15) is 5.75 Å². The molecule has 1 aliphatic rings. The monoisotopic (exact) mass is 566 g/mol. The number of nitrogens with zero attached hydrogens (tertiary/aromatic N) is 1. The van der Waals surface area contributed by atoms with Gasteiger partial charge in [-0.25, -0.2) is 0 Å². The van der Waals surface area contributed by atoms with Crippen molar-refractivity contribution in [1.29, 1.82) is 0 Å². The highest BCUT2D eigenvalue weighted by atomic mass is 16.5. The number of ether oxygens (including phenoxy) is 3. The first-order valence-electron chi connectivity index (χ1n) is 15.6. The van der Waals surface area contributed by atoms with Crippen LogP contribution < -0.4 is 10.1 Å². The van der Waals surface area contributed by atoms with Crippen molar-refractivity contribution in [2.45, 2.75) is 45.5 Å². The third-order valence-electron chi connectivity index (χ3n) is 8.40. The average Bonchev–Trinajstić information content (AvgIpc) is 3.05. The van der Waals surface area contributed by atoms with Crippen molar-refractivity contribution in [2.24, 2.45) is 5.92 Å². The molecule has 1 saturated heterocycles. The summed E-state index contributed by atoms with van der Waals surface area (Å²) in [6.07, 6.45) is 0.957. The number of fused-ring (bicyclic) bond motifs is 1. The molecule has 0 radical (unpaired) electrons. The van der Waals surface area contributed by atoms with Gasteiger partial charge in [0.25, 0.3) is 0 Å². The van der Waals surface area contributed by atoms with Gasteiger partial charge in [-0.3, -0.25) is 0 Å². The van der Waals surface area contributed by atoms with E-state index in [0.717, 1.165) is 44.9 Å². The van der Waals surface area contributed by atoms with E-state index in [0.29, 0.717) is 38.3 Å². The summed E-state index contributed by atoms with van der Waals surface area (Å²) in [6, 6.07) is 34.2. The molecule has 4 aromatic rings. The average molecular weight is 567 g/mol. The second kappa shape index (κ2) is 15.9. The number of hydrogen-bond acceptors (Lipinski definition) is 5. The van der Waals surface area contributed by atoms with Crippen molar-refractivity contribution in [1.82, 2.24) is 10.2 Å². The van der Waals surface area contributed by atoms with Gasteiger partial charge in [0.05, 0.1) is 32.5 Å². The first kappa shape index (κ1) is 30.2. The fraction of sp³-hybridized carbons (Fsp3) is 0.405. The van der Waals surface area contributed by atoms with E-state index in [2.05, 4.69) is 103 Å². The van der Waals surface area contributed by atoms with Gasteiger partial charge in [-0.1, -0.05) is 92.7 Å². The van der Waals surface area contributed by atoms with E-state index in [4.69, 9.17) is 14.2 Å². The molecule has 1 fully saturated rings. The zero-order valence-corrected chi connectivity index (χ0v) is 25.2. The van der Waals surface area contributed by atoms with Crippen LogP contribution in [0, 0.1) is 5.92 Å². The molecule has 5 heteroatoms. The molecule has 5 rings (SSSR count). The van der Waals surface area contributed by atoms with Gasteiger partial charge in [0.2, 0.25) is 0 Å². The van der Waals surface area contributed by atoms with Crippen LogP contribution in [0.5, 0.6) is 5.75 Å². The molecule has 1 heterocycles. The molecule has 0 aliphatic carbocycles. The summed E-state index contributed by atoms with van der Waals surface area (Å²) in [5.41, 5.74) is 3.75. The van der Waals surface area contributed by atoms with E-state index in [1.807, 2.05) is 18.2 Å². The molecule has 0 bridgehead atoms. The highest BCUT2D eigenvalue weighted by molar-refractivity contribution is 5.82. The van der Waals surface area contributed by atoms with Gasteiger partial charge in [-0.2, -0.15) is 0 Å². The van der Waals surface area contributed by atoms with E-state index in [9.17, 15) is 0 Å². The van der Waals surface area contributed by atoms with E-state index >= 15 is 0 Å². The molecule has 0 saturated carbocycles. The summed E-state index contributed by atoms with van der Waals surface area (Å²) in [5.74, 6) is 1.69. The molecule has 5 nitrogen and oxygen atoms in total. The molecular weight excluding hydrogens is 520 g/mol. The van der Waals surface area contributed by atoms with E-state index in [1.165, 1.54) is 27.5 Å². The standard InChI is InChI=1S/C37H46N2O3/c1-3-39(4-2)26-34-24-38-25-36(42-28-30-15-16-31-13-8-9-14-33(31)23-30)37(34)32-17-19-35(20-18-32)41-22-10-21-40-27-29-11-6-5-7-12-29/h5-9,11-20,23,34,36-38H,3-4,10,21-22,24-28H2,1-2H3/t34-,36-,37+/m0/s1. The van der Waals surface area contributed by atoms with Crippen LogP contribution in [0.3, 0.4) is 0 Å². The molecule has 0 unspecified atom stereocenters. The zero-order valence-electron chi connectivity index (χ0n) is 25.2. The van der Waals surface area contributed by atoms with Crippen LogP contribution >= 0.6 is 0 Å². The maximum atomic E-state index is 6.70. The maximum Gasteiger partial charge on any atom is 0.119 e. The van der Waals surface area contributed by atoms with Gasteiger partial charge >= 0.3 is 0 Å². The first-order chi connectivity index (χ1) is 20.7. The van der Waals surface area contributed by atoms with Gasteiger partial charge in [0, 0.05) is 25.4 Å². The highest BCUT2D eigenvalue weighted by Crippen LogP contribution is 2.34. The predicted molar refractivity (Wildman–Crippen MR) is 172 cm³/mol. The van der Waals surface area contributed by atoms with Crippen LogP contribution in [0.15, 0.2) is 97.1 Å². The normalized spacial score (nSPS) is 18.9. The van der Waals surface area contributed by atoms with E-state index in [1.54, 1.807) is 0 Å². The van der Waals surface area contributed by atoms with Crippen LogP contribution in [-0.4, -0.2) is 56.9 Å². The van der Waals surface area contributed by atoms with Crippen molar-refractivity contribution >= 4 is 10.8 Å². The lowest BCUT2D eigenvalue weighted by Crippen LogP contribution is -2.50. The Bertz CT molecular complexity index is 1340. The summed E-state index contributed by atoms with van der Waals surface area (Å²) in [7, 11) is 0. The van der Waals surface area contributed by atoms with E-state index < -0.39 is 0 Å². The van der Waals surface area contributed by atoms with Crippen LogP contribution in [0.1, 0.15) is 42.9 Å². The van der Waals surface area contributed by atoms with Crippen molar-refractivity contribution in [3.05, 3.63) is 114 Å². The molecule has 4 aromatic carbocycles. The van der Waals surface area contributed by atoms with Gasteiger partial charge < -0.3 is 24.4 Å². The Morgan fingerprint density at radius 3 is 2.29 bits per heavy atom. The summed E-state index contributed by atoms with van der Waals surface area (Å²) >= 11 is 0. The second-order valence-corrected chi connectivity index (χ2v) is 11.3. The lowest BCUT2D eigenvalue weighted by Gasteiger charge is -2.41. The Kier molecular flexibility index (Phi) is 11.4. The van der Waals surface area contributed by atoms with Crippen molar-refractivity contribution in [3.63, 3.8) is 0 Å². The molecule has 42 heavy (non-hydrogen) atoms. The lowest BCUT2D eigenvalue weighted by molar-refractivity contribution is -0.0111. The third kappa shape index (κ3) is 8.42. The summed E-state index contributed by atoms with van der Waals surface area (Å²) in [4.78, 5) is 2.53. The minimum atomic E-state index is 0.0966. The molecular formula is C37H46N2O3. The summed E-state index contributed by atoms with van der Waals surface area (Å²) in [5, 5.41) is 6.20. The minimum absolute atomic E-state index is 0.0966. The largest absolute Gasteiger partial charge is 0.494 e. The Morgan fingerprint density at radius 2 is 1.50 bits per heavy atom. The van der Waals surface area contributed by atoms with Crippen molar-refractivity contribution in [2.75, 3.05) is 45.9 Å². The fourth-order valence-corrected chi connectivity index (χ4v) is 6.04. The van der Waals surface area contributed by atoms with Crippen LogP contribution in [0.2, 0.25) is 0 Å². The topological polar surface area (TPSA) is 43.0 Å². The zero-order chi connectivity index (χ0) is 29.0. The quantitative estimate of drug-likeness (QED) is 0.156. The van der Waals surface area contributed by atoms with Crippen LogP contribution in [0.4, 0.5) is 0 Å². The van der Waals surface area contributed by atoms with Crippen LogP contribution in [0.25, 0.3) is 10.8 Å². The molecule has 0 spiro atoms. The molecule has 0 amide bonds. The van der Waals surface area contributed by atoms with Gasteiger partial charge in [0.15, 0.2) is 0 Å². The van der Waals surface area contributed by atoms with Gasteiger partial charge in [-0.05, 0) is 71.2 Å². The Labute approximate surface area is 251 Å². The summed E-state index contributed by atoms with van der Waals surface area (Å²) < 4.78 is 18.6. The minimum Gasteiger partial charge on any atom is -0.494 e. The number of benzene rings is 4. The third-order valence-corrected chi connectivity index (χ3v) is 8.40. The van der Waals surface area contributed by atoms with Crippen LogP contribution in [-0.2, 0) is 22.7 Å².